The van der Waals surface area contributed by atoms with Gasteiger partial charge in [-0.3, -0.25) is 0 Å². The van der Waals surface area contributed by atoms with Crippen LogP contribution in [0.2, 0.25) is 0 Å². The SMILES string of the molecule is Cc1ccc(-c2c(C(C)C)cc(C)c(C)c2O)cc1C. The molecule has 0 spiro atoms. The lowest BCUT2D eigenvalue weighted by atomic mass is 9.87. The summed E-state index contributed by atoms with van der Waals surface area (Å²) in [7, 11) is 0. The summed E-state index contributed by atoms with van der Waals surface area (Å²) in [6.07, 6.45) is 0. The van der Waals surface area contributed by atoms with Gasteiger partial charge >= 0.3 is 0 Å². The molecule has 0 aliphatic rings. The van der Waals surface area contributed by atoms with Crippen molar-refractivity contribution in [2.24, 2.45) is 0 Å². The van der Waals surface area contributed by atoms with E-state index in [2.05, 4.69) is 58.9 Å². The Hall–Kier alpha value is -1.76. The first-order valence-corrected chi connectivity index (χ1v) is 7.23. The van der Waals surface area contributed by atoms with Crippen LogP contribution in [0.3, 0.4) is 0 Å². The number of benzene rings is 2. The molecule has 0 unspecified atom stereocenters. The van der Waals surface area contributed by atoms with Gasteiger partial charge in [0.2, 0.25) is 0 Å². The summed E-state index contributed by atoms with van der Waals surface area (Å²) in [5.41, 5.74) is 7.98. The van der Waals surface area contributed by atoms with E-state index < -0.39 is 0 Å². The van der Waals surface area contributed by atoms with Crippen LogP contribution in [0, 0.1) is 27.7 Å². The van der Waals surface area contributed by atoms with Gasteiger partial charge in [-0.25, -0.2) is 0 Å². The summed E-state index contributed by atoms with van der Waals surface area (Å²) >= 11 is 0. The Morgan fingerprint density at radius 1 is 0.850 bits per heavy atom. The summed E-state index contributed by atoms with van der Waals surface area (Å²) in [5.74, 6) is 0.814. The Kier molecular flexibility index (Phi) is 3.89. The fourth-order valence-electron chi connectivity index (χ4n) is 2.58. The summed E-state index contributed by atoms with van der Waals surface area (Å²) in [5, 5.41) is 10.6. The summed E-state index contributed by atoms with van der Waals surface area (Å²) < 4.78 is 0. The van der Waals surface area contributed by atoms with Crippen molar-refractivity contribution in [2.75, 3.05) is 0 Å². The van der Waals surface area contributed by atoms with Gasteiger partial charge in [0.05, 0.1) is 0 Å². The van der Waals surface area contributed by atoms with Crippen molar-refractivity contribution in [2.45, 2.75) is 47.5 Å². The number of aromatic hydroxyl groups is 1. The van der Waals surface area contributed by atoms with Gasteiger partial charge in [0.25, 0.3) is 0 Å². The lowest BCUT2D eigenvalue weighted by Crippen LogP contribution is -1.98. The minimum Gasteiger partial charge on any atom is -0.507 e. The van der Waals surface area contributed by atoms with Gasteiger partial charge in [-0.1, -0.05) is 38.1 Å². The zero-order chi connectivity index (χ0) is 15.0. The van der Waals surface area contributed by atoms with Crippen molar-refractivity contribution in [3.05, 3.63) is 52.1 Å². The predicted molar refractivity (Wildman–Crippen MR) is 86.6 cm³/mol. The molecule has 0 fully saturated rings. The maximum atomic E-state index is 10.6. The summed E-state index contributed by atoms with van der Waals surface area (Å²) in [4.78, 5) is 0. The average Bonchev–Trinajstić information content (AvgIpc) is 2.39. The van der Waals surface area contributed by atoms with Crippen molar-refractivity contribution >= 4 is 0 Å². The van der Waals surface area contributed by atoms with E-state index in [1.807, 2.05) is 6.92 Å². The van der Waals surface area contributed by atoms with Crippen LogP contribution < -0.4 is 0 Å². The molecule has 0 aromatic heterocycles. The molecule has 0 bridgehead atoms. The molecule has 106 valence electrons. The number of phenols is 1. The normalized spacial score (nSPS) is 11.2. The Bertz CT molecular complexity index is 651. The average molecular weight is 268 g/mol. The first kappa shape index (κ1) is 14.6. The van der Waals surface area contributed by atoms with Gasteiger partial charge in [-0.2, -0.15) is 0 Å². The fraction of sp³-hybridized carbons (Fsp3) is 0.368. The predicted octanol–water partition coefficient (Wildman–Crippen LogP) is 5.42. The zero-order valence-corrected chi connectivity index (χ0v) is 13.3. The van der Waals surface area contributed by atoms with E-state index in [4.69, 9.17) is 0 Å². The van der Waals surface area contributed by atoms with E-state index in [9.17, 15) is 5.11 Å². The van der Waals surface area contributed by atoms with E-state index in [0.717, 1.165) is 22.3 Å². The third-order valence-corrected chi connectivity index (χ3v) is 4.26. The zero-order valence-electron chi connectivity index (χ0n) is 13.3. The number of phenolic OH excluding ortho intramolecular Hbond substituents is 1. The van der Waals surface area contributed by atoms with Crippen molar-refractivity contribution < 1.29 is 5.11 Å². The highest BCUT2D eigenvalue weighted by Crippen LogP contribution is 2.40. The first-order chi connectivity index (χ1) is 9.32. The lowest BCUT2D eigenvalue weighted by Gasteiger charge is -2.19. The molecule has 0 heterocycles. The number of rotatable bonds is 2. The maximum absolute atomic E-state index is 10.6. The molecule has 0 radical (unpaired) electrons. The second-order valence-corrected chi connectivity index (χ2v) is 6.09. The molecular weight excluding hydrogens is 244 g/mol. The van der Waals surface area contributed by atoms with Crippen LogP contribution >= 0.6 is 0 Å². The molecule has 0 atom stereocenters. The van der Waals surface area contributed by atoms with Crippen LogP contribution in [-0.4, -0.2) is 5.11 Å². The lowest BCUT2D eigenvalue weighted by molar-refractivity contribution is 0.471. The van der Waals surface area contributed by atoms with E-state index in [0.29, 0.717) is 11.7 Å². The van der Waals surface area contributed by atoms with Gasteiger partial charge in [0, 0.05) is 5.56 Å². The van der Waals surface area contributed by atoms with E-state index >= 15 is 0 Å². The molecule has 1 heteroatoms. The van der Waals surface area contributed by atoms with Crippen LogP contribution in [0.25, 0.3) is 11.1 Å². The molecule has 1 N–H and O–H groups in total. The van der Waals surface area contributed by atoms with Crippen LogP contribution in [-0.2, 0) is 0 Å². The third-order valence-electron chi connectivity index (χ3n) is 4.26. The second-order valence-electron chi connectivity index (χ2n) is 6.09. The van der Waals surface area contributed by atoms with Gasteiger partial charge in [-0.15, -0.1) is 0 Å². The van der Waals surface area contributed by atoms with Crippen molar-refractivity contribution in [3.63, 3.8) is 0 Å². The quantitative estimate of drug-likeness (QED) is 0.771. The molecule has 1 nitrogen and oxygen atoms in total. The van der Waals surface area contributed by atoms with Crippen LogP contribution in [0.4, 0.5) is 0 Å². The van der Waals surface area contributed by atoms with Gasteiger partial charge in [0.15, 0.2) is 0 Å². The number of hydrogen-bond acceptors (Lipinski definition) is 1. The largest absolute Gasteiger partial charge is 0.507 e. The molecular formula is C19H24O. The monoisotopic (exact) mass is 268 g/mol. The molecule has 20 heavy (non-hydrogen) atoms. The topological polar surface area (TPSA) is 20.2 Å². The van der Waals surface area contributed by atoms with Crippen molar-refractivity contribution in [1.29, 1.82) is 0 Å². The highest BCUT2D eigenvalue weighted by molar-refractivity contribution is 5.77. The molecule has 0 saturated carbocycles. The fourth-order valence-corrected chi connectivity index (χ4v) is 2.58. The molecule has 0 amide bonds. The molecule has 2 aromatic rings. The minimum atomic E-state index is 0.386. The highest BCUT2D eigenvalue weighted by atomic mass is 16.3. The molecule has 2 rings (SSSR count). The van der Waals surface area contributed by atoms with Crippen molar-refractivity contribution in [3.8, 4) is 16.9 Å². The second kappa shape index (κ2) is 5.32. The first-order valence-electron chi connectivity index (χ1n) is 7.23. The standard InChI is InChI=1S/C19H24O/c1-11(2)17-10-14(5)15(6)19(20)18(17)16-8-7-12(3)13(4)9-16/h7-11,20H,1-6H3. The third kappa shape index (κ3) is 2.45. The number of aryl methyl sites for hydroxylation is 3. The molecule has 0 aliphatic carbocycles. The van der Waals surface area contributed by atoms with E-state index in [1.165, 1.54) is 16.7 Å². The Balaban J connectivity index is 2.77. The van der Waals surface area contributed by atoms with Crippen LogP contribution in [0.5, 0.6) is 5.75 Å². The van der Waals surface area contributed by atoms with Crippen LogP contribution in [0.1, 0.15) is 47.6 Å². The minimum absolute atomic E-state index is 0.386. The summed E-state index contributed by atoms with van der Waals surface area (Å²) in [6, 6.07) is 8.62. The number of hydrogen-bond donors (Lipinski definition) is 1. The maximum Gasteiger partial charge on any atom is 0.126 e. The van der Waals surface area contributed by atoms with E-state index in [-0.39, 0.29) is 0 Å². The Morgan fingerprint density at radius 3 is 2.05 bits per heavy atom. The highest BCUT2D eigenvalue weighted by Gasteiger charge is 2.17. The molecule has 2 aromatic carbocycles. The van der Waals surface area contributed by atoms with Gasteiger partial charge in [-0.05, 0) is 67.0 Å². The van der Waals surface area contributed by atoms with E-state index in [1.54, 1.807) is 0 Å². The smallest absolute Gasteiger partial charge is 0.126 e. The Morgan fingerprint density at radius 2 is 1.50 bits per heavy atom. The van der Waals surface area contributed by atoms with Crippen molar-refractivity contribution in [1.82, 2.24) is 0 Å². The summed E-state index contributed by atoms with van der Waals surface area (Å²) in [6.45, 7) is 12.6. The van der Waals surface area contributed by atoms with Crippen LogP contribution in [0.15, 0.2) is 24.3 Å². The van der Waals surface area contributed by atoms with Gasteiger partial charge < -0.3 is 5.11 Å². The molecule has 0 aliphatic heterocycles. The van der Waals surface area contributed by atoms with Gasteiger partial charge in [0.1, 0.15) is 5.75 Å². The Labute approximate surface area is 122 Å². The molecule has 0 saturated heterocycles.